The average Bonchev–Trinajstić information content (AvgIpc) is 2.47. The van der Waals surface area contributed by atoms with Gasteiger partial charge in [0.2, 0.25) is 5.82 Å². The molecular weight excluding hydrogens is 226 g/mol. The third kappa shape index (κ3) is 1.66. The van der Waals surface area contributed by atoms with Gasteiger partial charge in [-0.15, -0.1) is 0 Å². The zero-order valence-corrected chi connectivity index (χ0v) is 9.28. The SMILES string of the molecule is N#Cc1nccc(-c2cccc3cncnc23)n1. The second-order valence-corrected chi connectivity index (χ2v) is 3.64. The number of fused-ring (bicyclic) bond motifs is 1. The van der Waals surface area contributed by atoms with Gasteiger partial charge in [0.1, 0.15) is 12.4 Å². The van der Waals surface area contributed by atoms with Crippen LogP contribution in [0.3, 0.4) is 0 Å². The predicted octanol–water partition coefficient (Wildman–Crippen LogP) is 1.96. The highest BCUT2D eigenvalue weighted by Gasteiger charge is 2.07. The molecule has 0 saturated heterocycles. The summed E-state index contributed by atoms with van der Waals surface area (Å²) in [6.45, 7) is 0. The van der Waals surface area contributed by atoms with Crippen LogP contribution in [0.15, 0.2) is 43.0 Å². The molecule has 2 heterocycles. The van der Waals surface area contributed by atoms with Gasteiger partial charge in [0, 0.05) is 23.3 Å². The summed E-state index contributed by atoms with van der Waals surface area (Å²) in [6, 6.07) is 9.45. The Morgan fingerprint density at radius 2 is 2.06 bits per heavy atom. The van der Waals surface area contributed by atoms with Gasteiger partial charge in [-0.1, -0.05) is 18.2 Å². The molecule has 0 bridgehead atoms. The summed E-state index contributed by atoms with van der Waals surface area (Å²) in [7, 11) is 0. The summed E-state index contributed by atoms with van der Waals surface area (Å²) in [5, 5.41) is 9.76. The van der Waals surface area contributed by atoms with E-state index in [0.717, 1.165) is 16.5 Å². The first kappa shape index (κ1) is 10.3. The fourth-order valence-electron chi connectivity index (χ4n) is 1.78. The first-order valence-electron chi connectivity index (χ1n) is 5.31. The fourth-order valence-corrected chi connectivity index (χ4v) is 1.78. The first-order valence-corrected chi connectivity index (χ1v) is 5.31. The first-order chi connectivity index (χ1) is 8.88. The van der Waals surface area contributed by atoms with Gasteiger partial charge in [-0.3, -0.25) is 0 Å². The van der Waals surface area contributed by atoms with Crippen LogP contribution in [0.25, 0.3) is 22.2 Å². The highest BCUT2D eigenvalue weighted by Crippen LogP contribution is 2.24. The number of aromatic nitrogens is 4. The van der Waals surface area contributed by atoms with Crippen molar-refractivity contribution in [2.75, 3.05) is 0 Å². The summed E-state index contributed by atoms with van der Waals surface area (Å²) >= 11 is 0. The van der Waals surface area contributed by atoms with Crippen molar-refractivity contribution in [3.8, 4) is 17.3 Å². The van der Waals surface area contributed by atoms with Crippen LogP contribution >= 0.6 is 0 Å². The Morgan fingerprint density at radius 3 is 2.94 bits per heavy atom. The molecule has 0 saturated carbocycles. The number of nitriles is 1. The van der Waals surface area contributed by atoms with E-state index in [-0.39, 0.29) is 5.82 Å². The number of hydrogen-bond acceptors (Lipinski definition) is 5. The largest absolute Gasteiger partial charge is 0.244 e. The van der Waals surface area contributed by atoms with Crippen LogP contribution in [0.4, 0.5) is 0 Å². The Labute approximate surface area is 103 Å². The minimum Gasteiger partial charge on any atom is -0.244 e. The molecule has 5 heteroatoms. The van der Waals surface area contributed by atoms with Crippen LogP contribution in [-0.2, 0) is 0 Å². The van der Waals surface area contributed by atoms with Crippen LogP contribution in [0.5, 0.6) is 0 Å². The quantitative estimate of drug-likeness (QED) is 0.642. The van der Waals surface area contributed by atoms with Crippen molar-refractivity contribution in [3.05, 3.63) is 48.8 Å². The minimum absolute atomic E-state index is 0.151. The Kier molecular flexibility index (Phi) is 2.39. The van der Waals surface area contributed by atoms with Crippen molar-refractivity contribution < 1.29 is 0 Å². The fraction of sp³-hybridized carbons (Fsp3) is 0. The monoisotopic (exact) mass is 233 g/mol. The van der Waals surface area contributed by atoms with Crippen molar-refractivity contribution in [1.82, 2.24) is 19.9 Å². The van der Waals surface area contributed by atoms with Crippen molar-refractivity contribution in [2.45, 2.75) is 0 Å². The van der Waals surface area contributed by atoms with E-state index >= 15 is 0 Å². The standard InChI is InChI=1S/C13H7N5/c14-6-12-16-5-4-11(18-12)10-3-1-2-9-7-15-8-17-13(9)10/h1-5,7-8H. The van der Waals surface area contributed by atoms with E-state index in [9.17, 15) is 0 Å². The zero-order valence-electron chi connectivity index (χ0n) is 9.28. The van der Waals surface area contributed by atoms with Crippen LogP contribution in [0.2, 0.25) is 0 Å². The molecule has 5 nitrogen and oxygen atoms in total. The molecule has 3 rings (SSSR count). The van der Waals surface area contributed by atoms with Gasteiger partial charge in [0.05, 0.1) is 11.2 Å². The maximum Gasteiger partial charge on any atom is 0.232 e. The van der Waals surface area contributed by atoms with Crippen LogP contribution in [0, 0.1) is 11.3 Å². The van der Waals surface area contributed by atoms with E-state index < -0.39 is 0 Å². The topological polar surface area (TPSA) is 75.3 Å². The number of nitrogens with zero attached hydrogens (tertiary/aromatic N) is 5. The molecule has 0 spiro atoms. The molecule has 18 heavy (non-hydrogen) atoms. The molecule has 0 atom stereocenters. The molecular formula is C13H7N5. The van der Waals surface area contributed by atoms with Gasteiger partial charge in [-0.25, -0.2) is 19.9 Å². The molecule has 0 aliphatic heterocycles. The molecule has 1 aromatic carbocycles. The molecule has 0 amide bonds. The number of rotatable bonds is 1. The lowest BCUT2D eigenvalue weighted by molar-refractivity contribution is 1.12. The smallest absolute Gasteiger partial charge is 0.232 e. The van der Waals surface area contributed by atoms with E-state index in [0.29, 0.717) is 5.69 Å². The zero-order chi connectivity index (χ0) is 12.4. The number of hydrogen-bond donors (Lipinski definition) is 0. The molecule has 2 aromatic heterocycles. The van der Waals surface area contributed by atoms with E-state index in [1.165, 1.54) is 6.33 Å². The van der Waals surface area contributed by atoms with E-state index in [2.05, 4.69) is 19.9 Å². The van der Waals surface area contributed by atoms with Gasteiger partial charge in [0.25, 0.3) is 0 Å². The average molecular weight is 233 g/mol. The van der Waals surface area contributed by atoms with Crippen molar-refractivity contribution >= 4 is 10.9 Å². The molecule has 0 radical (unpaired) electrons. The Balaban J connectivity index is 2.28. The Hall–Kier alpha value is -2.87. The highest BCUT2D eigenvalue weighted by molar-refractivity contribution is 5.91. The van der Waals surface area contributed by atoms with E-state index in [1.54, 1.807) is 18.5 Å². The van der Waals surface area contributed by atoms with Crippen LogP contribution in [0.1, 0.15) is 5.82 Å². The molecule has 0 fully saturated rings. The summed E-state index contributed by atoms with van der Waals surface area (Å²) in [5.74, 6) is 0.151. The lowest BCUT2D eigenvalue weighted by Crippen LogP contribution is -1.93. The second-order valence-electron chi connectivity index (χ2n) is 3.64. The van der Waals surface area contributed by atoms with E-state index in [4.69, 9.17) is 5.26 Å². The number of benzene rings is 1. The number of para-hydroxylation sites is 1. The van der Waals surface area contributed by atoms with Gasteiger partial charge in [-0.05, 0) is 6.07 Å². The summed E-state index contributed by atoms with van der Waals surface area (Å²) in [5.41, 5.74) is 2.37. The molecule has 0 aliphatic rings. The Bertz CT molecular complexity index is 755. The lowest BCUT2D eigenvalue weighted by atomic mass is 10.1. The van der Waals surface area contributed by atoms with E-state index in [1.807, 2.05) is 24.3 Å². The second kappa shape index (κ2) is 4.18. The maximum absolute atomic E-state index is 8.82. The van der Waals surface area contributed by atoms with Crippen molar-refractivity contribution in [1.29, 1.82) is 5.26 Å². The van der Waals surface area contributed by atoms with Crippen LogP contribution < -0.4 is 0 Å². The summed E-state index contributed by atoms with van der Waals surface area (Å²) in [6.07, 6.45) is 4.82. The summed E-state index contributed by atoms with van der Waals surface area (Å²) < 4.78 is 0. The lowest BCUT2D eigenvalue weighted by Gasteiger charge is -2.04. The maximum atomic E-state index is 8.82. The molecule has 84 valence electrons. The normalized spacial score (nSPS) is 10.2. The predicted molar refractivity (Wildman–Crippen MR) is 65.3 cm³/mol. The molecule has 0 aliphatic carbocycles. The highest BCUT2D eigenvalue weighted by atomic mass is 14.9. The van der Waals surface area contributed by atoms with Crippen molar-refractivity contribution in [3.63, 3.8) is 0 Å². The minimum atomic E-state index is 0.151. The van der Waals surface area contributed by atoms with Gasteiger partial charge in [-0.2, -0.15) is 5.26 Å². The van der Waals surface area contributed by atoms with Gasteiger partial charge in [0.15, 0.2) is 0 Å². The molecule has 3 aromatic rings. The molecule has 0 unspecified atom stereocenters. The molecule has 0 N–H and O–H groups in total. The third-order valence-corrected chi connectivity index (χ3v) is 2.57. The third-order valence-electron chi connectivity index (χ3n) is 2.57. The van der Waals surface area contributed by atoms with Crippen LogP contribution in [-0.4, -0.2) is 19.9 Å². The van der Waals surface area contributed by atoms with Gasteiger partial charge < -0.3 is 0 Å². The van der Waals surface area contributed by atoms with Crippen molar-refractivity contribution in [2.24, 2.45) is 0 Å². The van der Waals surface area contributed by atoms with Gasteiger partial charge >= 0.3 is 0 Å². The summed E-state index contributed by atoms with van der Waals surface area (Å²) in [4.78, 5) is 16.3. The Morgan fingerprint density at radius 1 is 1.11 bits per heavy atom.